The molecule has 0 saturated heterocycles. The molecule has 0 aliphatic carbocycles. The van der Waals surface area contributed by atoms with Crippen molar-refractivity contribution < 1.29 is 14.0 Å². The number of hydrogen-bond acceptors (Lipinski definition) is 2. The molecule has 0 atom stereocenters. The van der Waals surface area contributed by atoms with Gasteiger partial charge in [-0.3, -0.25) is 9.59 Å². The summed E-state index contributed by atoms with van der Waals surface area (Å²) in [5.74, 6) is -1.89. The molecule has 2 aromatic rings. The number of carbonyl (C=O) groups excluding carboxylic acids is 2. The molecule has 0 aliphatic heterocycles. The van der Waals surface area contributed by atoms with E-state index in [-0.39, 0.29) is 16.7 Å². The highest BCUT2D eigenvalue weighted by Gasteiger charge is 2.18. The van der Waals surface area contributed by atoms with Crippen molar-refractivity contribution in [2.45, 2.75) is 0 Å². The second kappa shape index (κ2) is 4.79. The second-order valence-corrected chi connectivity index (χ2v) is 3.72. The number of hydrogen-bond donors (Lipinski definition) is 1. The summed E-state index contributed by atoms with van der Waals surface area (Å²) in [5.41, 5.74) is 5.30. The number of amides is 1. The van der Waals surface area contributed by atoms with Gasteiger partial charge < -0.3 is 5.73 Å². The molecule has 0 spiro atoms. The minimum absolute atomic E-state index is 0.0776. The first-order chi connectivity index (χ1) is 8.61. The summed E-state index contributed by atoms with van der Waals surface area (Å²) in [6.45, 7) is 0. The number of carbonyl (C=O) groups is 2. The van der Waals surface area contributed by atoms with E-state index in [2.05, 4.69) is 0 Å². The molecule has 0 unspecified atom stereocenters. The van der Waals surface area contributed by atoms with Crippen LogP contribution in [0, 0.1) is 5.82 Å². The van der Waals surface area contributed by atoms with Crippen LogP contribution in [0.2, 0.25) is 0 Å². The van der Waals surface area contributed by atoms with Gasteiger partial charge in [-0.15, -0.1) is 0 Å². The molecule has 0 heterocycles. The van der Waals surface area contributed by atoms with Crippen LogP contribution in [-0.4, -0.2) is 11.7 Å². The SMILES string of the molecule is NC(=O)c1ccccc1C(=O)c1ccccc1F. The van der Waals surface area contributed by atoms with E-state index in [1.165, 1.54) is 30.3 Å². The summed E-state index contributed by atoms with van der Waals surface area (Å²) in [5, 5.41) is 0. The van der Waals surface area contributed by atoms with Crippen LogP contribution in [0.25, 0.3) is 0 Å². The Morgan fingerprint density at radius 3 is 1.89 bits per heavy atom. The van der Waals surface area contributed by atoms with Crippen LogP contribution in [0.5, 0.6) is 0 Å². The van der Waals surface area contributed by atoms with Gasteiger partial charge in [-0.25, -0.2) is 4.39 Å². The Hall–Kier alpha value is -2.49. The number of rotatable bonds is 3. The predicted octanol–water partition coefficient (Wildman–Crippen LogP) is 2.16. The topological polar surface area (TPSA) is 60.2 Å². The van der Waals surface area contributed by atoms with E-state index in [9.17, 15) is 14.0 Å². The quantitative estimate of drug-likeness (QED) is 0.840. The van der Waals surface area contributed by atoms with E-state index in [0.29, 0.717) is 0 Å². The summed E-state index contributed by atoms with van der Waals surface area (Å²) in [6.07, 6.45) is 0. The monoisotopic (exact) mass is 243 g/mol. The van der Waals surface area contributed by atoms with E-state index in [1.807, 2.05) is 0 Å². The second-order valence-electron chi connectivity index (χ2n) is 3.72. The van der Waals surface area contributed by atoms with Gasteiger partial charge in [0.1, 0.15) is 5.82 Å². The first-order valence-electron chi connectivity index (χ1n) is 5.29. The van der Waals surface area contributed by atoms with E-state index >= 15 is 0 Å². The maximum Gasteiger partial charge on any atom is 0.249 e. The van der Waals surface area contributed by atoms with E-state index < -0.39 is 17.5 Å². The van der Waals surface area contributed by atoms with Crippen molar-refractivity contribution in [3.8, 4) is 0 Å². The molecule has 0 radical (unpaired) electrons. The van der Waals surface area contributed by atoms with Crippen molar-refractivity contribution in [1.29, 1.82) is 0 Å². The molecule has 0 saturated carbocycles. The smallest absolute Gasteiger partial charge is 0.249 e. The van der Waals surface area contributed by atoms with Crippen LogP contribution >= 0.6 is 0 Å². The van der Waals surface area contributed by atoms with Gasteiger partial charge in [0, 0.05) is 5.56 Å². The van der Waals surface area contributed by atoms with Crippen LogP contribution in [0.15, 0.2) is 48.5 Å². The highest BCUT2D eigenvalue weighted by atomic mass is 19.1. The van der Waals surface area contributed by atoms with Crippen LogP contribution in [0.4, 0.5) is 4.39 Å². The van der Waals surface area contributed by atoms with Crippen LogP contribution in [0.3, 0.4) is 0 Å². The van der Waals surface area contributed by atoms with Crippen LogP contribution < -0.4 is 5.73 Å². The molecule has 0 aromatic heterocycles. The van der Waals surface area contributed by atoms with Crippen molar-refractivity contribution in [3.63, 3.8) is 0 Å². The number of primary amides is 1. The molecule has 18 heavy (non-hydrogen) atoms. The van der Waals surface area contributed by atoms with Gasteiger partial charge in [-0.1, -0.05) is 30.3 Å². The Kier molecular flexibility index (Phi) is 3.19. The summed E-state index contributed by atoms with van der Waals surface area (Å²) >= 11 is 0. The molecular formula is C14H10FNO2. The van der Waals surface area contributed by atoms with Crippen molar-refractivity contribution in [1.82, 2.24) is 0 Å². The lowest BCUT2D eigenvalue weighted by molar-refractivity contribution is 0.0980. The average Bonchev–Trinajstić information content (AvgIpc) is 2.38. The van der Waals surface area contributed by atoms with Gasteiger partial charge in [-0.05, 0) is 18.2 Å². The van der Waals surface area contributed by atoms with Crippen molar-refractivity contribution in [2.24, 2.45) is 5.73 Å². The largest absolute Gasteiger partial charge is 0.366 e. The fourth-order valence-electron chi connectivity index (χ4n) is 1.69. The van der Waals surface area contributed by atoms with Gasteiger partial charge in [0.05, 0.1) is 11.1 Å². The first-order valence-corrected chi connectivity index (χ1v) is 5.29. The summed E-state index contributed by atoms with van der Waals surface area (Å²) in [4.78, 5) is 23.4. The van der Waals surface area contributed by atoms with Gasteiger partial charge in [-0.2, -0.15) is 0 Å². The fourth-order valence-corrected chi connectivity index (χ4v) is 1.69. The number of ketones is 1. The first kappa shape index (κ1) is 12.0. The highest BCUT2D eigenvalue weighted by molar-refractivity contribution is 6.15. The number of halogens is 1. The third kappa shape index (κ3) is 2.13. The normalized spacial score (nSPS) is 10.1. The van der Waals surface area contributed by atoms with Crippen LogP contribution in [0.1, 0.15) is 26.3 Å². The van der Waals surface area contributed by atoms with Gasteiger partial charge in [0.25, 0.3) is 0 Å². The summed E-state index contributed by atoms with van der Waals surface area (Å²) in [6, 6.07) is 11.7. The van der Waals surface area contributed by atoms with Gasteiger partial charge >= 0.3 is 0 Å². The zero-order valence-electron chi connectivity index (χ0n) is 9.39. The average molecular weight is 243 g/mol. The highest BCUT2D eigenvalue weighted by Crippen LogP contribution is 2.16. The maximum absolute atomic E-state index is 13.5. The van der Waals surface area contributed by atoms with Crippen molar-refractivity contribution >= 4 is 11.7 Å². The Morgan fingerprint density at radius 1 is 0.833 bits per heavy atom. The molecular weight excluding hydrogens is 233 g/mol. The lowest BCUT2D eigenvalue weighted by Gasteiger charge is -2.06. The van der Waals surface area contributed by atoms with E-state index in [1.54, 1.807) is 18.2 Å². The Labute approximate surface area is 103 Å². The number of benzene rings is 2. The molecule has 3 nitrogen and oxygen atoms in total. The Balaban J connectivity index is 2.54. The molecule has 1 amide bonds. The number of nitrogens with two attached hydrogens (primary N) is 1. The zero-order valence-corrected chi connectivity index (χ0v) is 9.39. The van der Waals surface area contributed by atoms with E-state index in [0.717, 1.165) is 0 Å². The molecule has 4 heteroatoms. The van der Waals surface area contributed by atoms with Crippen LogP contribution in [-0.2, 0) is 0 Å². The fraction of sp³-hybridized carbons (Fsp3) is 0. The Morgan fingerprint density at radius 2 is 1.33 bits per heavy atom. The molecule has 0 fully saturated rings. The zero-order chi connectivity index (χ0) is 13.1. The predicted molar refractivity (Wildman–Crippen MR) is 64.8 cm³/mol. The third-order valence-electron chi connectivity index (χ3n) is 2.56. The van der Waals surface area contributed by atoms with Crippen molar-refractivity contribution in [3.05, 3.63) is 71.0 Å². The van der Waals surface area contributed by atoms with E-state index in [4.69, 9.17) is 5.73 Å². The Bertz CT molecular complexity index is 623. The lowest BCUT2D eigenvalue weighted by atomic mass is 9.98. The van der Waals surface area contributed by atoms with Gasteiger partial charge in [0.2, 0.25) is 5.91 Å². The minimum Gasteiger partial charge on any atom is -0.366 e. The molecule has 0 bridgehead atoms. The molecule has 2 N–H and O–H groups in total. The summed E-state index contributed by atoms with van der Waals surface area (Å²) < 4.78 is 13.5. The minimum atomic E-state index is -0.713. The van der Waals surface area contributed by atoms with Gasteiger partial charge in [0.15, 0.2) is 5.78 Å². The lowest BCUT2D eigenvalue weighted by Crippen LogP contribution is -2.17. The molecule has 2 aromatic carbocycles. The molecule has 2 rings (SSSR count). The summed E-state index contributed by atoms with van der Waals surface area (Å²) in [7, 11) is 0. The van der Waals surface area contributed by atoms with Crippen molar-refractivity contribution in [2.75, 3.05) is 0 Å². The third-order valence-corrected chi connectivity index (χ3v) is 2.56. The maximum atomic E-state index is 13.5. The molecule has 90 valence electrons. The molecule has 0 aliphatic rings. The standard InChI is InChI=1S/C14H10FNO2/c15-12-8-4-3-7-11(12)13(17)9-5-1-2-6-10(9)14(16)18/h1-8H,(H2,16,18).